The molecule has 0 fully saturated rings. The van der Waals surface area contributed by atoms with Gasteiger partial charge in [0, 0.05) is 11.2 Å². The van der Waals surface area contributed by atoms with Crippen molar-refractivity contribution in [3.8, 4) is 0 Å². The van der Waals surface area contributed by atoms with Gasteiger partial charge < -0.3 is 4.98 Å². The molecule has 20 heavy (non-hydrogen) atoms. The highest BCUT2D eigenvalue weighted by Gasteiger charge is 2.14. The maximum atomic E-state index is 6.07. The van der Waals surface area contributed by atoms with E-state index in [1.165, 1.54) is 0 Å². The lowest BCUT2D eigenvalue weighted by Gasteiger charge is -2.14. The number of aryl methyl sites for hydroxylation is 1. The Labute approximate surface area is 127 Å². The predicted octanol–water partition coefficient (Wildman–Crippen LogP) is 4.67. The van der Waals surface area contributed by atoms with Crippen molar-refractivity contribution in [1.29, 1.82) is 0 Å². The molecule has 0 bridgehead atoms. The Morgan fingerprint density at radius 3 is 2.90 bits per heavy atom. The average Bonchev–Trinajstić information content (AvgIpc) is 2.73. The zero-order valence-corrected chi connectivity index (χ0v) is 12.8. The van der Waals surface area contributed by atoms with Crippen LogP contribution in [-0.4, -0.2) is 14.5 Å². The van der Waals surface area contributed by atoms with Gasteiger partial charge in [-0.2, -0.15) is 0 Å². The maximum absolute atomic E-state index is 6.07. The number of hydrogen-bond acceptors (Lipinski definition) is 2. The van der Waals surface area contributed by atoms with Crippen LogP contribution in [0.4, 0.5) is 0 Å². The average molecular weight is 304 g/mol. The summed E-state index contributed by atoms with van der Waals surface area (Å²) >= 11 is 11.5. The number of aromatic nitrogens is 3. The van der Waals surface area contributed by atoms with Crippen LogP contribution >= 0.6 is 23.8 Å². The number of nitrogens with one attached hydrogen (secondary N) is 1. The van der Waals surface area contributed by atoms with Crippen LogP contribution in [0, 0.1) is 11.7 Å². The Morgan fingerprint density at radius 1 is 1.35 bits per heavy atom. The SMILES string of the molecule is Cc1cnc2c(c1)[nH]c(=S)n2C(C)c1cccc(Cl)c1. The third kappa shape index (κ3) is 2.25. The van der Waals surface area contributed by atoms with E-state index in [0.717, 1.165) is 27.3 Å². The Kier molecular flexibility index (Phi) is 3.36. The molecule has 1 unspecified atom stereocenters. The second-order valence-corrected chi connectivity index (χ2v) is 5.74. The first kappa shape index (κ1) is 13.3. The molecule has 2 heterocycles. The van der Waals surface area contributed by atoms with Crippen LogP contribution < -0.4 is 0 Å². The number of benzene rings is 1. The summed E-state index contributed by atoms with van der Waals surface area (Å²) < 4.78 is 2.70. The largest absolute Gasteiger partial charge is 0.329 e. The minimum Gasteiger partial charge on any atom is -0.329 e. The molecule has 0 aliphatic carbocycles. The zero-order chi connectivity index (χ0) is 14.3. The normalized spacial score (nSPS) is 12.8. The lowest BCUT2D eigenvalue weighted by Crippen LogP contribution is -2.07. The zero-order valence-electron chi connectivity index (χ0n) is 11.2. The van der Waals surface area contributed by atoms with E-state index in [1.54, 1.807) is 0 Å². The molecule has 0 saturated carbocycles. The first-order valence-electron chi connectivity index (χ1n) is 6.38. The molecular formula is C15H14ClN3S. The Bertz CT molecular complexity index is 834. The lowest BCUT2D eigenvalue weighted by atomic mass is 10.1. The van der Waals surface area contributed by atoms with Crippen molar-refractivity contribution >= 4 is 35.0 Å². The molecule has 0 aliphatic heterocycles. The predicted molar refractivity (Wildman–Crippen MR) is 84.9 cm³/mol. The van der Waals surface area contributed by atoms with Crippen LogP contribution in [0.2, 0.25) is 5.02 Å². The number of fused-ring (bicyclic) bond motifs is 1. The Balaban J connectivity index is 2.19. The molecule has 0 aliphatic rings. The van der Waals surface area contributed by atoms with Crippen molar-refractivity contribution in [1.82, 2.24) is 14.5 Å². The number of nitrogens with zero attached hydrogens (tertiary/aromatic N) is 2. The molecule has 0 saturated heterocycles. The topological polar surface area (TPSA) is 33.6 Å². The lowest BCUT2D eigenvalue weighted by molar-refractivity contribution is 0.644. The Hall–Kier alpha value is -1.65. The van der Waals surface area contributed by atoms with Gasteiger partial charge in [0.15, 0.2) is 10.4 Å². The molecule has 0 amide bonds. The molecule has 3 aromatic rings. The van der Waals surface area contributed by atoms with Gasteiger partial charge in [-0.1, -0.05) is 23.7 Å². The van der Waals surface area contributed by atoms with E-state index in [-0.39, 0.29) is 6.04 Å². The standard InChI is InChI=1S/C15H14ClN3S/c1-9-6-13-14(17-8-9)19(15(20)18-13)10(2)11-4-3-5-12(16)7-11/h3-8,10H,1-2H3,(H,18,20). The highest BCUT2D eigenvalue weighted by molar-refractivity contribution is 7.71. The number of H-pyrrole nitrogens is 1. The summed E-state index contributed by atoms with van der Waals surface area (Å²) in [6, 6.07) is 9.95. The minimum absolute atomic E-state index is 0.0742. The summed E-state index contributed by atoms with van der Waals surface area (Å²) in [5, 5.41) is 0.726. The number of halogens is 1. The van der Waals surface area contributed by atoms with E-state index in [2.05, 4.69) is 23.0 Å². The van der Waals surface area contributed by atoms with Crippen LogP contribution in [0.5, 0.6) is 0 Å². The van der Waals surface area contributed by atoms with Crippen molar-refractivity contribution in [2.24, 2.45) is 0 Å². The third-order valence-corrected chi connectivity index (χ3v) is 3.94. The molecule has 5 heteroatoms. The summed E-state index contributed by atoms with van der Waals surface area (Å²) in [6.45, 7) is 4.11. The van der Waals surface area contributed by atoms with E-state index in [0.29, 0.717) is 4.77 Å². The summed E-state index contributed by atoms with van der Waals surface area (Å²) in [7, 11) is 0. The summed E-state index contributed by atoms with van der Waals surface area (Å²) in [5.74, 6) is 0. The quantitative estimate of drug-likeness (QED) is 0.698. The molecule has 0 spiro atoms. The van der Waals surface area contributed by atoms with Crippen molar-refractivity contribution in [2.45, 2.75) is 19.9 Å². The molecule has 2 aromatic heterocycles. The maximum Gasteiger partial charge on any atom is 0.179 e. The Morgan fingerprint density at radius 2 is 2.15 bits per heavy atom. The van der Waals surface area contributed by atoms with Crippen LogP contribution in [0.3, 0.4) is 0 Å². The third-order valence-electron chi connectivity index (χ3n) is 3.41. The van der Waals surface area contributed by atoms with E-state index in [9.17, 15) is 0 Å². The van der Waals surface area contributed by atoms with Crippen LogP contribution in [0.25, 0.3) is 11.2 Å². The van der Waals surface area contributed by atoms with Crippen molar-refractivity contribution < 1.29 is 0 Å². The van der Waals surface area contributed by atoms with Crippen LogP contribution in [0.1, 0.15) is 24.1 Å². The second-order valence-electron chi connectivity index (χ2n) is 4.91. The molecule has 1 N–H and O–H groups in total. The number of pyridine rings is 1. The van der Waals surface area contributed by atoms with Gasteiger partial charge in [0.2, 0.25) is 0 Å². The minimum atomic E-state index is 0.0742. The molecule has 0 radical (unpaired) electrons. The second kappa shape index (κ2) is 5.04. The van der Waals surface area contributed by atoms with Gasteiger partial charge in [0.05, 0.1) is 11.6 Å². The molecular weight excluding hydrogens is 290 g/mol. The van der Waals surface area contributed by atoms with Crippen LogP contribution in [-0.2, 0) is 0 Å². The first-order valence-corrected chi connectivity index (χ1v) is 7.17. The monoisotopic (exact) mass is 303 g/mol. The molecule has 1 aromatic carbocycles. The van der Waals surface area contributed by atoms with E-state index >= 15 is 0 Å². The van der Waals surface area contributed by atoms with Gasteiger partial charge in [-0.3, -0.25) is 4.57 Å². The van der Waals surface area contributed by atoms with E-state index in [4.69, 9.17) is 23.8 Å². The fourth-order valence-electron chi connectivity index (χ4n) is 2.39. The molecule has 3 rings (SSSR count). The van der Waals surface area contributed by atoms with Gasteiger partial charge in [-0.25, -0.2) is 4.98 Å². The highest BCUT2D eigenvalue weighted by atomic mass is 35.5. The van der Waals surface area contributed by atoms with Gasteiger partial charge in [0.1, 0.15) is 0 Å². The highest BCUT2D eigenvalue weighted by Crippen LogP contribution is 2.25. The molecule has 1 atom stereocenters. The number of hydrogen-bond donors (Lipinski definition) is 1. The van der Waals surface area contributed by atoms with E-state index in [1.807, 2.05) is 42.0 Å². The van der Waals surface area contributed by atoms with Crippen molar-refractivity contribution in [3.05, 3.63) is 57.4 Å². The van der Waals surface area contributed by atoms with Gasteiger partial charge in [-0.15, -0.1) is 0 Å². The smallest absolute Gasteiger partial charge is 0.179 e. The number of imidazole rings is 1. The summed E-state index contributed by atoms with van der Waals surface area (Å²) in [6.07, 6.45) is 1.85. The van der Waals surface area contributed by atoms with Crippen LogP contribution in [0.15, 0.2) is 36.5 Å². The fourth-order valence-corrected chi connectivity index (χ4v) is 2.95. The number of rotatable bonds is 2. The van der Waals surface area contributed by atoms with E-state index < -0.39 is 0 Å². The van der Waals surface area contributed by atoms with Gasteiger partial charge in [-0.05, 0) is 55.4 Å². The van der Waals surface area contributed by atoms with Gasteiger partial charge in [0.25, 0.3) is 0 Å². The van der Waals surface area contributed by atoms with Crippen molar-refractivity contribution in [3.63, 3.8) is 0 Å². The van der Waals surface area contributed by atoms with Crippen molar-refractivity contribution in [2.75, 3.05) is 0 Å². The fraction of sp³-hybridized carbons (Fsp3) is 0.200. The number of aromatic amines is 1. The summed E-state index contributed by atoms with van der Waals surface area (Å²) in [5.41, 5.74) is 4.05. The first-order chi connectivity index (χ1) is 9.56. The summed E-state index contributed by atoms with van der Waals surface area (Å²) in [4.78, 5) is 7.72. The molecule has 102 valence electrons. The molecule has 3 nitrogen and oxygen atoms in total. The van der Waals surface area contributed by atoms with Gasteiger partial charge >= 0.3 is 0 Å².